The molecular weight excluding hydrogens is 229 g/mol. The van der Waals surface area contributed by atoms with Crippen LogP contribution in [0.15, 0.2) is 17.5 Å². The summed E-state index contributed by atoms with van der Waals surface area (Å²) < 4.78 is 13.3. The van der Waals surface area contributed by atoms with Gasteiger partial charge in [0.1, 0.15) is 15.5 Å². The lowest BCUT2D eigenvalue weighted by Crippen LogP contribution is -1.89. The molecule has 0 radical (unpaired) electrons. The van der Waals surface area contributed by atoms with E-state index in [0.29, 0.717) is 0 Å². The molecule has 0 saturated heterocycles. The third kappa shape index (κ3) is 1.25. The molecular formula is C8H3ClFNO2S. The van der Waals surface area contributed by atoms with Gasteiger partial charge in [-0.3, -0.25) is 10.1 Å². The largest absolute Gasteiger partial charge is 0.305 e. The lowest BCUT2D eigenvalue weighted by Gasteiger charge is -1.95. The molecule has 0 spiro atoms. The van der Waals surface area contributed by atoms with Gasteiger partial charge >= 0.3 is 5.69 Å². The predicted octanol–water partition coefficient (Wildman–Crippen LogP) is 3.60. The fourth-order valence-electron chi connectivity index (χ4n) is 1.20. The first-order valence-corrected chi connectivity index (χ1v) is 4.86. The van der Waals surface area contributed by atoms with E-state index in [1.807, 2.05) is 0 Å². The molecule has 2 rings (SSSR count). The van der Waals surface area contributed by atoms with Crippen LogP contribution in [-0.2, 0) is 0 Å². The second kappa shape index (κ2) is 3.18. The monoisotopic (exact) mass is 231 g/mol. The zero-order chi connectivity index (χ0) is 10.3. The average Bonchev–Trinajstić information content (AvgIpc) is 2.47. The standard InChI is InChI=1S/C8H3ClFNO2S/c9-5-2-1-4-6(10)3-14-8(4)7(5)11(12)13/h1-3H. The number of benzene rings is 1. The Bertz CT molecular complexity index is 525. The van der Waals surface area contributed by atoms with E-state index in [2.05, 4.69) is 0 Å². The van der Waals surface area contributed by atoms with Crippen molar-refractivity contribution in [3.63, 3.8) is 0 Å². The summed E-state index contributed by atoms with van der Waals surface area (Å²) in [5.41, 5.74) is -0.224. The van der Waals surface area contributed by atoms with E-state index >= 15 is 0 Å². The Morgan fingerprint density at radius 3 is 2.86 bits per heavy atom. The maximum atomic E-state index is 13.1. The van der Waals surface area contributed by atoms with Crippen LogP contribution in [0.2, 0.25) is 5.02 Å². The van der Waals surface area contributed by atoms with Gasteiger partial charge in [0, 0.05) is 10.8 Å². The summed E-state index contributed by atoms with van der Waals surface area (Å²) in [4.78, 5) is 10.1. The zero-order valence-electron chi connectivity index (χ0n) is 6.66. The van der Waals surface area contributed by atoms with Crippen LogP contribution < -0.4 is 0 Å². The zero-order valence-corrected chi connectivity index (χ0v) is 8.23. The van der Waals surface area contributed by atoms with E-state index in [1.54, 1.807) is 0 Å². The molecule has 72 valence electrons. The van der Waals surface area contributed by atoms with Crippen molar-refractivity contribution in [3.05, 3.63) is 38.5 Å². The van der Waals surface area contributed by atoms with Gasteiger partial charge < -0.3 is 0 Å². The third-order valence-electron chi connectivity index (χ3n) is 1.80. The number of rotatable bonds is 1. The minimum Gasteiger partial charge on any atom is -0.258 e. The van der Waals surface area contributed by atoms with Gasteiger partial charge in [-0.2, -0.15) is 0 Å². The number of halogens is 2. The molecule has 1 aromatic carbocycles. The Labute approximate surface area is 86.9 Å². The summed E-state index contributed by atoms with van der Waals surface area (Å²) in [5.74, 6) is -0.454. The summed E-state index contributed by atoms with van der Waals surface area (Å²) in [6, 6.07) is 2.77. The highest BCUT2D eigenvalue weighted by Crippen LogP contribution is 2.37. The van der Waals surface area contributed by atoms with Gasteiger partial charge in [0.05, 0.1) is 4.92 Å². The van der Waals surface area contributed by atoms with Crippen molar-refractivity contribution in [3.8, 4) is 0 Å². The van der Waals surface area contributed by atoms with Crippen molar-refractivity contribution >= 4 is 38.7 Å². The molecule has 2 aromatic rings. The van der Waals surface area contributed by atoms with Gasteiger partial charge in [-0.15, -0.1) is 11.3 Å². The van der Waals surface area contributed by atoms with Crippen LogP contribution in [0.5, 0.6) is 0 Å². The van der Waals surface area contributed by atoms with Crippen LogP contribution in [0.3, 0.4) is 0 Å². The van der Waals surface area contributed by atoms with Crippen molar-refractivity contribution in [1.82, 2.24) is 0 Å². The van der Waals surface area contributed by atoms with Crippen LogP contribution >= 0.6 is 22.9 Å². The minimum absolute atomic E-state index is 0.0318. The van der Waals surface area contributed by atoms with Gasteiger partial charge in [-0.05, 0) is 12.1 Å². The molecule has 0 atom stereocenters. The van der Waals surface area contributed by atoms with Gasteiger partial charge in [0.15, 0.2) is 0 Å². The van der Waals surface area contributed by atoms with E-state index in [9.17, 15) is 14.5 Å². The molecule has 6 heteroatoms. The second-order valence-corrected chi connectivity index (χ2v) is 3.90. The molecule has 0 saturated carbocycles. The average molecular weight is 232 g/mol. The summed E-state index contributed by atoms with van der Waals surface area (Å²) >= 11 is 6.63. The van der Waals surface area contributed by atoms with E-state index < -0.39 is 10.7 Å². The van der Waals surface area contributed by atoms with Gasteiger partial charge in [-0.25, -0.2) is 4.39 Å². The highest BCUT2D eigenvalue weighted by Gasteiger charge is 2.20. The number of thiophene rings is 1. The Morgan fingerprint density at radius 1 is 1.50 bits per heavy atom. The fraction of sp³-hybridized carbons (Fsp3) is 0. The maximum Gasteiger partial charge on any atom is 0.305 e. The molecule has 14 heavy (non-hydrogen) atoms. The van der Waals surface area contributed by atoms with E-state index in [-0.39, 0.29) is 20.8 Å². The molecule has 0 aliphatic heterocycles. The Hall–Kier alpha value is -1.20. The van der Waals surface area contributed by atoms with Crippen LogP contribution in [0.4, 0.5) is 10.1 Å². The highest BCUT2D eigenvalue weighted by molar-refractivity contribution is 7.17. The number of nitrogens with zero attached hydrogens (tertiary/aromatic N) is 1. The minimum atomic E-state index is -0.597. The molecule has 0 bridgehead atoms. The van der Waals surface area contributed by atoms with Crippen LogP contribution in [0.1, 0.15) is 0 Å². The Kier molecular flexibility index (Phi) is 2.13. The number of nitro groups is 1. The van der Waals surface area contributed by atoms with Gasteiger partial charge in [0.2, 0.25) is 0 Å². The van der Waals surface area contributed by atoms with E-state index in [4.69, 9.17) is 11.6 Å². The molecule has 0 fully saturated rings. The maximum absolute atomic E-state index is 13.1. The normalized spacial score (nSPS) is 10.7. The van der Waals surface area contributed by atoms with Crippen LogP contribution in [-0.4, -0.2) is 4.92 Å². The Balaban J connectivity index is 2.90. The van der Waals surface area contributed by atoms with Gasteiger partial charge in [0.25, 0.3) is 0 Å². The summed E-state index contributed by atoms with van der Waals surface area (Å²) in [6.45, 7) is 0. The molecule has 0 aliphatic carbocycles. The molecule has 0 unspecified atom stereocenters. The molecule has 3 nitrogen and oxygen atoms in total. The third-order valence-corrected chi connectivity index (χ3v) is 3.08. The van der Waals surface area contributed by atoms with E-state index in [0.717, 1.165) is 11.3 Å². The summed E-state index contributed by atoms with van der Waals surface area (Å²) in [5, 5.41) is 12.2. The van der Waals surface area contributed by atoms with Crippen molar-refractivity contribution in [2.24, 2.45) is 0 Å². The SMILES string of the molecule is O=[N+]([O-])c1c(Cl)ccc2c(F)csc12. The highest BCUT2D eigenvalue weighted by atomic mass is 35.5. The molecule has 1 aromatic heterocycles. The number of hydrogen-bond acceptors (Lipinski definition) is 3. The first-order valence-electron chi connectivity index (χ1n) is 3.61. The molecule has 1 heterocycles. The van der Waals surface area contributed by atoms with Gasteiger partial charge in [-0.1, -0.05) is 11.6 Å². The summed E-state index contributed by atoms with van der Waals surface area (Å²) in [7, 11) is 0. The lowest BCUT2D eigenvalue weighted by atomic mass is 10.2. The first-order chi connectivity index (χ1) is 6.61. The number of hydrogen-bond donors (Lipinski definition) is 0. The van der Waals surface area contributed by atoms with E-state index in [1.165, 1.54) is 17.5 Å². The van der Waals surface area contributed by atoms with Crippen LogP contribution in [0, 0.1) is 15.9 Å². The second-order valence-electron chi connectivity index (χ2n) is 2.61. The number of nitro benzene ring substituents is 1. The van der Waals surface area contributed by atoms with Crippen LogP contribution in [0.25, 0.3) is 10.1 Å². The first kappa shape index (κ1) is 9.36. The van der Waals surface area contributed by atoms with Crippen molar-refractivity contribution in [2.45, 2.75) is 0 Å². The number of fused-ring (bicyclic) bond motifs is 1. The smallest absolute Gasteiger partial charge is 0.258 e. The summed E-state index contributed by atoms with van der Waals surface area (Å²) in [6.07, 6.45) is 0. The Morgan fingerprint density at radius 2 is 2.21 bits per heavy atom. The van der Waals surface area contributed by atoms with Crippen molar-refractivity contribution < 1.29 is 9.31 Å². The molecule has 0 aliphatic rings. The molecule has 0 N–H and O–H groups in total. The van der Waals surface area contributed by atoms with Crippen molar-refractivity contribution in [1.29, 1.82) is 0 Å². The quantitative estimate of drug-likeness (QED) is 0.556. The topological polar surface area (TPSA) is 43.1 Å². The lowest BCUT2D eigenvalue weighted by molar-refractivity contribution is -0.382. The fourth-order valence-corrected chi connectivity index (χ4v) is 2.42. The predicted molar refractivity (Wildman–Crippen MR) is 53.4 cm³/mol. The van der Waals surface area contributed by atoms with Crippen molar-refractivity contribution in [2.75, 3.05) is 0 Å². The molecule has 0 amide bonds.